The van der Waals surface area contributed by atoms with E-state index in [0.29, 0.717) is 35.5 Å². The molecular weight excluding hydrogens is 403 g/mol. The fourth-order valence-corrected chi connectivity index (χ4v) is 2.77. The summed E-state index contributed by atoms with van der Waals surface area (Å²) in [5.74, 6) is 0.718. The average molecular weight is 425 g/mol. The highest BCUT2D eigenvalue weighted by Crippen LogP contribution is 2.27. The number of rotatable bonds is 10. The number of hydrogen-bond acceptors (Lipinski definition) is 4. The van der Waals surface area contributed by atoms with Crippen molar-refractivity contribution in [2.24, 2.45) is 0 Å². The van der Waals surface area contributed by atoms with Crippen LogP contribution in [0.1, 0.15) is 12.5 Å². The molecule has 2 aromatic carbocycles. The second kappa shape index (κ2) is 11.4. The first kappa shape index (κ1) is 21.9. The first-order chi connectivity index (χ1) is 13.5. The molecule has 0 aliphatic carbocycles. The number of ether oxygens (including phenoxy) is 2. The van der Waals surface area contributed by atoms with Crippen molar-refractivity contribution in [1.82, 2.24) is 10.6 Å². The Labute approximate surface area is 174 Å². The van der Waals surface area contributed by atoms with E-state index in [1.54, 1.807) is 12.1 Å². The number of halogens is 2. The van der Waals surface area contributed by atoms with Gasteiger partial charge in [0.1, 0.15) is 11.5 Å². The van der Waals surface area contributed by atoms with Gasteiger partial charge in [-0.3, -0.25) is 9.59 Å². The zero-order valence-electron chi connectivity index (χ0n) is 15.5. The van der Waals surface area contributed by atoms with Crippen molar-refractivity contribution in [3.05, 3.63) is 58.1 Å². The number of carbonyl (C=O) groups is 2. The third kappa shape index (κ3) is 7.66. The van der Waals surface area contributed by atoms with E-state index in [2.05, 4.69) is 10.6 Å². The van der Waals surface area contributed by atoms with Crippen LogP contribution >= 0.6 is 23.2 Å². The second-order valence-corrected chi connectivity index (χ2v) is 6.66. The number of carbonyl (C=O) groups excluding carboxylic acids is 2. The number of nitrogens with one attached hydrogen (secondary N) is 2. The Bertz CT molecular complexity index is 797. The van der Waals surface area contributed by atoms with Crippen molar-refractivity contribution in [2.75, 3.05) is 26.3 Å². The maximum atomic E-state index is 11.9. The van der Waals surface area contributed by atoms with E-state index >= 15 is 0 Å². The van der Waals surface area contributed by atoms with Crippen molar-refractivity contribution >= 4 is 35.0 Å². The maximum Gasteiger partial charge on any atom is 0.258 e. The molecule has 0 radical (unpaired) electrons. The van der Waals surface area contributed by atoms with Crippen LogP contribution in [0.3, 0.4) is 0 Å². The van der Waals surface area contributed by atoms with Crippen LogP contribution in [-0.2, 0) is 16.0 Å². The first-order valence-corrected chi connectivity index (χ1v) is 9.56. The Balaban J connectivity index is 1.62. The molecule has 0 aliphatic heterocycles. The predicted octanol–water partition coefficient (Wildman–Crippen LogP) is 3.25. The first-order valence-electron chi connectivity index (χ1n) is 8.81. The summed E-state index contributed by atoms with van der Waals surface area (Å²) in [7, 11) is 0. The van der Waals surface area contributed by atoms with Crippen molar-refractivity contribution in [2.45, 2.75) is 13.3 Å². The molecule has 0 atom stereocenters. The lowest BCUT2D eigenvalue weighted by Crippen LogP contribution is -2.37. The summed E-state index contributed by atoms with van der Waals surface area (Å²) in [6.45, 7) is 2.96. The zero-order valence-corrected chi connectivity index (χ0v) is 17.0. The van der Waals surface area contributed by atoms with Gasteiger partial charge in [-0.05, 0) is 42.8 Å². The fourth-order valence-electron chi connectivity index (χ4n) is 2.31. The Kier molecular flexibility index (Phi) is 8.91. The molecule has 8 heteroatoms. The zero-order chi connectivity index (χ0) is 20.4. The molecule has 0 aliphatic rings. The van der Waals surface area contributed by atoms with Gasteiger partial charge in [0.15, 0.2) is 6.61 Å². The third-order valence-electron chi connectivity index (χ3n) is 3.62. The van der Waals surface area contributed by atoms with Crippen molar-refractivity contribution in [3.63, 3.8) is 0 Å². The van der Waals surface area contributed by atoms with Gasteiger partial charge >= 0.3 is 0 Å². The Morgan fingerprint density at radius 2 is 1.61 bits per heavy atom. The SMILES string of the molecule is CCOc1ccc(CC(=O)NCCNC(=O)COc2ccc(Cl)cc2Cl)cc1. The minimum atomic E-state index is -0.313. The highest BCUT2D eigenvalue weighted by molar-refractivity contribution is 6.35. The van der Waals surface area contributed by atoms with Crippen LogP contribution in [-0.4, -0.2) is 38.1 Å². The number of benzene rings is 2. The van der Waals surface area contributed by atoms with Crippen LogP contribution in [0.15, 0.2) is 42.5 Å². The topological polar surface area (TPSA) is 76.7 Å². The molecule has 0 unspecified atom stereocenters. The van der Waals surface area contributed by atoms with Gasteiger partial charge in [0, 0.05) is 18.1 Å². The summed E-state index contributed by atoms with van der Waals surface area (Å²) < 4.78 is 10.7. The van der Waals surface area contributed by atoms with E-state index in [1.807, 2.05) is 31.2 Å². The van der Waals surface area contributed by atoms with Crippen LogP contribution in [0.4, 0.5) is 0 Å². The predicted molar refractivity (Wildman–Crippen MR) is 109 cm³/mol. The normalized spacial score (nSPS) is 10.2. The van der Waals surface area contributed by atoms with E-state index in [0.717, 1.165) is 11.3 Å². The molecule has 2 amide bonds. The lowest BCUT2D eigenvalue weighted by molar-refractivity contribution is -0.124. The summed E-state index contributed by atoms with van der Waals surface area (Å²) >= 11 is 11.8. The van der Waals surface area contributed by atoms with Crippen molar-refractivity contribution in [3.8, 4) is 11.5 Å². The van der Waals surface area contributed by atoms with Gasteiger partial charge in [-0.15, -0.1) is 0 Å². The molecule has 0 spiro atoms. The van der Waals surface area contributed by atoms with Gasteiger partial charge in [0.25, 0.3) is 5.91 Å². The summed E-state index contributed by atoms with van der Waals surface area (Å²) in [4.78, 5) is 23.7. The lowest BCUT2D eigenvalue weighted by Gasteiger charge is -2.10. The molecule has 0 saturated carbocycles. The number of hydrogen-bond donors (Lipinski definition) is 2. The maximum absolute atomic E-state index is 11.9. The van der Waals surface area contributed by atoms with E-state index in [1.165, 1.54) is 6.07 Å². The van der Waals surface area contributed by atoms with Crippen LogP contribution in [0, 0.1) is 0 Å². The van der Waals surface area contributed by atoms with Crippen molar-refractivity contribution in [1.29, 1.82) is 0 Å². The highest BCUT2D eigenvalue weighted by atomic mass is 35.5. The molecule has 0 fully saturated rings. The lowest BCUT2D eigenvalue weighted by atomic mass is 10.1. The molecule has 2 aromatic rings. The molecule has 2 N–H and O–H groups in total. The molecule has 6 nitrogen and oxygen atoms in total. The number of amides is 2. The van der Waals surface area contributed by atoms with Gasteiger partial charge in [-0.1, -0.05) is 35.3 Å². The molecule has 28 heavy (non-hydrogen) atoms. The smallest absolute Gasteiger partial charge is 0.258 e. The summed E-state index contributed by atoms with van der Waals surface area (Å²) in [5.41, 5.74) is 0.887. The van der Waals surface area contributed by atoms with Gasteiger partial charge in [0.2, 0.25) is 5.91 Å². The molecule has 0 heterocycles. The average Bonchev–Trinajstić information content (AvgIpc) is 2.66. The van der Waals surface area contributed by atoms with Gasteiger partial charge in [0.05, 0.1) is 18.1 Å². The largest absolute Gasteiger partial charge is 0.494 e. The van der Waals surface area contributed by atoms with Gasteiger partial charge < -0.3 is 20.1 Å². The third-order valence-corrected chi connectivity index (χ3v) is 4.15. The molecule has 0 saturated heterocycles. The van der Waals surface area contributed by atoms with Crippen molar-refractivity contribution < 1.29 is 19.1 Å². The molecule has 150 valence electrons. The Morgan fingerprint density at radius 1 is 0.929 bits per heavy atom. The molecule has 2 rings (SSSR count). The Morgan fingerprint density at radius 3 is 2.25 bits per heavy atom. The summed E-state index contributed by atoms with van der Waals surface area (Å²) in [6, 6.07) is 12.1. The van der Waals surface area contributed by atoms with E-state index in [9.17, 15) is 9.59 Å². The van der Waals surface area contributed by atoms with Gasteiger partial charge in [-0.25, -0.2) is 0 Å². The van der Waals surface area contributed by atoms with E-state index in [-0.39, 0.29) is 24.8 Å². The summed E-state index contributed by atoms with van der Waals surface area (Å²) in [5, 5.41) is 6.24. The van der Waals surface area contributed by atoms with E-state index in [4.69, 9.17) is 32.7 Å². The highest BCUT2D eigenvalue weighted by Gasteiger charge is 2.07. The second-order valence-electron chi connectivity index (χ2n) is 5.82. The Hall–Kier alpha value is -2.44. The van der Waals surface area contributed by atoms with Crippen LogP contribution in [0.2, 0.25) is 10.0 Å². The summed E-state index contributed by atoms with van der Waals surface area (Å²) in [6.07, 6.45) is 0.262. The molecular formula is C20H22Cl2N2O4. The van der Waals surface area contributed by atoms with Crippen LogP contribution < -0.4 is 20.1 Å². The standard InChI is InChI=1S/C20H22Cl2N2O4/c1-2-27-16-6-3-14(4-7-16)11-19(25)23-9-10-24-20(26)13-28-18-8-5-15(21)12-17(18)22/h3-8,12H,2,9-11,13H2,1H3,(H,23,25)(H,24,26). The van der Waals surface area contributed by atoms with Crippen LogP contribution in [0.25, 0.3) is 0 Å². The molecule has 0 aromatic heterocycles. The van der Waals surface area contributed by atoms with E-state index < -0.39 is 0 Å². The van der Waals surface area contributed by atoms with Gasteiger partial charge in [-0.2, -0.15) is 0 Å². The monoisotopic (exact) mass is 424 g/mol. The van der Waals surface area contributed by atoms with Crippen LogP contribution in [0.5, 0.6) is 11.5 Å². The fraction of sp³-hybridized carbons (Fsp3) is 0.300. The minimum absolute atomic E-state index is 0.123. The minimum Gasteiger partial charge on any atom is -0.494 e. The quantitative estimate of drug-likeness (QED) is 0.573. The molecule has 0 bridgehead atoms.